The highest BCUT2D eigenvalue weighted by Gasteiger charge is 2.16. The van der Waals surface area contributed by atoms with Crippen LogP contribution in [0, 0.1) is 6.92 Å². The minimum atomic E-state index is -0.213. The maximum atomic E-state index is 13.0. The van der Waals surface area contributed by atoms with Crippen LogP contribution in [-0.4, -0.2) is 21.7 Å². The minimum absolute atomic E-state index is 0.0187. The summed E-state index contributed by atoms with van der Waals surface area (Å²) in [6.07, 6.45) is 1.73. The summed E-state index contributed by atoms with van der Waals surface area (Å²) >= 11 is 1.57. The Morgan fingerprint density at radius 1 is 1.14 bits per heavy atom. The van der Waals surface area contributed by atoms with Crippen LogP contribution in [0.1, 0.15) is 24.6 Å². The summed E-state index contributed by atoms with van der Waals surface area (Å²) in [6, 6.07) is 18.1. The van der Waals surface area contributed by atoms with Gasteiger partial charge in [-0.15, -0.1) is 11.3 Å². The number of aryl methyl sites for hydroxylation is 2. The first-order valence-electron chi connectivity index (χ1n) is 9.75. The van der Waals surface area contributed by atoms with Crippen molar-refractivity contribution in [1.82, 2.24) is 15.1 Å². The number of nitrogens with one attached hydrogen (secondary N) is 1. The lowest BCUT2D eigenvalue weighted by molar-refractivity contribution is -0.122. The highest BCUT2D eigenvalue weighted by Crippen LogP contribution is 2.32. The number of aromatic nitrogens is 2. The molecule has 0 spiro atoms. The van der Waals surface area contributed by atoms with E-state index in [1.54, 1.807) is 11.3 Å². The van der Waals surface area contributed by atoms with Gasteiger partial charge < -0.3 is 5.32 Å². The van der Waals surface area contributed by atoms with Gasteiger partial charge in [-0.2, -0.15) is 5.10 Å². The lowest BCUT2D eigenvalue weighted by Crippen LogP contribution is -2.38. The van der Waals surface area contributed by atoms with E-state index in [0.29, 0.717) is 5.39 Å². The van der Waals surface area contributed by atoms with Crippen LogP contribution >= 0.6 is 11.3 Å². The molecule has 148 valence electrons. The average Bonchev–Trinajstić information content (AvgIpc) is 3.11. The SMILES string of the molecule is Cc1nn(CC(=O)N[C@@H](C)CCc2ccccc2)c(=O)c2c1sc1ccccc12. The number of fused-ring (bicyclic) bond motifs is 3. The molecule has 0 aliphatic rings. The van der Waals surface area contributed by atoms with Crippen LogP contribution in [0.15, 0.2) is 59.4 Å². The number of rotatable bonds is 6. The molecule has 2 aromatic heterocycles. The van der Waals surface area contributed by atoms with Gasteiger partial charge in [0.1, 0.15) is 6.54 Å². The Kier molecular flexibility index (Phi) is 5.45. The predicted molar refractivity (Wildman–Crippen MR) is 118 cm³/mol. The van der Waals surface area contributed by atoms with E-state index < -0.39 is 0 Å². The van der Waals surface area contributed by atoms with E-state index in [2.05, 4.69) is 22.5 Å². The number of hydrogen-bond donors (Lipinski definition) is 1. The Morgan fingerprint density at radius 3 is 2.66 bits per heavy atom. The van der Waals surface area contributed by atoms with Gasteiger partial charge in [0.15, 0.2) is 0 Å². The summed E-state index contributed by atoms with van der Waals surface area (Å²) in [5, 5.41) is 8.96. The molecule has 0 saturated carbocycles. The maximum absolute atomic E-state index is 13.0. The van der Waals surface area contributed by atoms with Crippen molar-refractivity contribution in [2.75, 3.05) is 0 Å². The van der Waals surface area contributed by atoms with Crippen LogP contribution in [0.3, 0.4) is 0 Å². The van der Waals surface area contributed by atoms with E-state index in [1.165, 1.54) is 10.2 Å². The zero-order valence-electron chi connectivity index (χ0n) is 16.5. The number of amides is 1. The van der Waals surface area contributed by atoms with Crippen LogP contribution in [-0.2, 0) is 17.8 Å². The third-order valence-electron chi connectivity index (χ3n) is 5.05. The molecule has 1 N–H and O–H groups in total. The molecule has 0 bridgehead atoms. The molecular weight excluding hydrogens is 382 g/mol. The second-order valence-corrected chi connectivity index (χ2v) is 8.40. The van der Waals surface area contributed by atoms with Crippen molar-refractivity contribution in [2.45, 2.75) is 39.3 Å². The van der Waals surface area contributed by atoms with E-state index in [4.69, 9.17) is 0 Å². The van der Waals surface area contributed by atoms with Crippen LogP contribution in [0.4, 0.5) is 0 Å². The first kappa shape index (κ1) is 19.3. The number of benzene rings is 2. The van der Waals surface area contributed by atoms with Crippen molar-refractivity contribution in [3.8, 4) is 0 Å². The Morgan fingerprint density at radius 2 is 1.86 bits per heavy atom. The summed E-state index contributed by atoms with van der Waals surface area (Å²) in [7, 11) is 0. The molecule has 0 radical (unpaired) electrons. The second-order valence-electron chi connectivity index (χ2n) is 7.34. The van der Waals surface area contributed by atoms with Gasteiger partial charge in [0, 0.05) is 16.1 Å². The van der Waals surface area contributed by atoms with Crippen LogP contribution in [0.2, 0.25) is 0 Å². The summed E-state index contributed by atoms with van der Waals surface area (Å²) in [5.41, 5.74) is 1.80. The smallest absolute Gasteiger partial charge is 0.276 e. The third-order valence-corrected chi connectivity index (χ3v) is 6.33. The molecule has 1 amide bonds. The molecule has 4 rings (SSSR count). The number of nitrogens with zero attached hydrogens (tertiary/aromatic N) is 2. The second kappa shape index (κ2) is 8.17. The summed E-state index contributed by atoms with van der Waals surface area (Å²) < 4.78 is 3.24. The van der Waals surface area contributed by atoms with Gasteiger partial charge in [0.25, 0.3) is 5.56 Å². The van der Waals surface area contributed by atoms with E-state index in [-0.39, 0.29) is 24.1 Å². The maximum Gasteiger partial charge on any atom is 0.276 e. The van der Waals surface area contributed by atoms with Gasteiger partial charge in [0.2, 0.25) is 5.91 Å². The van der Waals surface area contributed by atoms with Crippen LogP contribution < -0.4 is 10.9 Å². The van der Waals surface area contributed by atoms with E-state index in [9.17, 15) is 9.59 Å². The predicted octanol–water partition coefficient (Wildman–Crippen LogP) is 4.06. The monoisotopic (exact) mass is 405 g/mol. The summed E-state index contributed by atoms with van der Waals surface area (Å²) in [6.45, 7) is 3.79. The first-order chi connectivity index (χ1) is 14.0. The molecule has 2 heterocycles. The molecule has 29 heavy (non-hydrogen) atoms. The van der Waals surface area contributed by atoms with Gasteiger partial charge >= 0.3 is 0 Å². The highest BCUT2D eigenvalue weighted by molar-refractivity contribution is 7.26. The Balaban J connectivity index is 1.50. The van der Waals surface area contributed by atoms with E-state index >= 15 is 0 Å². The average molecular weight is 406 g/mol. The molecule has 2 aromatic carbocycles. The highest BCUT2D eigenvalue weighted by atomic mass is 32.1. The van der Waals surface area contributed by atoms with Crippen molar-refractivity contribution < 1.29 is 4.79 Å². The number of thiophene rings is 1. The third kappa shape index (κ3) is 4.07. The molecule has 4 aromatic rings. The molecule has 0 unspecified atom stereocenters. The standard InChI is InChI=1S/C23H23N3O2S/c1-15(12-13-17-8-4-3-5-9-17)24-20(27)14-26-23(28)21-18-10-6-7-11-19(18)29-22(21)16(2)25-26/h3-11,15H,12-14H2,1-2H3,(H,24,27)/t15-/m0/s1. The first-order valence-corrected chi connectivity index (χ1v) is 10.6. The number of carbonyl (C=O) groups is 1. The number of hydrogen-bond acceptors (Lipinski definition) is 4. The molecule has 6 heteroatoms. The van der Waals surface area contributed by atoms with Crippen molar-refractivity contribution >= 4 is 37.4 Å². The summed E-state index contributed by atoms with van der Waals surface area (Å²) in [4.78, 5) is 25.5. The molecule has 0 aliphatic heterocycles. The zero-order valence-corrected chi connectivity index (χ0v) is 17.3. The van der Waals surface area contributed by atoms with Crippen LogP contribution in [0.5, 0.6) is 0 Å². The van der Waals surface area contributed by atoms with Gasteiger partial charge in [-0.3, -0.25) is 9.59 Å². The number of carbonyl (C=O) groups excluding carboxylic acids is 1. The van der Waals surface area contributed by atoms with Gasteiger partial charge in [-0.05, 0) is 38.3 Å². The van der Waals surface area contributed by atoms with E-state index in [1.807, 2.05) is 56.3 Å². The molecule has 1 atom stereocenters. The Bertz CT molecular complexity index is 1230. The topological polar surface area (TPSA) is 64.0 Å². The normalized spacial score (nSPS) is 12.3. The lowest BCUT2D eigenvalue weighted by Gasteiger charge is -2.14. The van der Waals surface area contributed by atoms with Crippen molar-refractivity contribution in [3.63, 3.8) is 0 Å². The fourth-order valence-electron chi connectivity index (χ4n) is 3.58. The quantitative estimate of drug-likeness (QED) is 0.526. The molecule has 0 aliphatic carbocycles. The van der Waals surface area contributed by atoms with E-state index in [0.717, 1.165) is 33.3 Å². The Hall–Kier alpha value is -2.99. The fourth-order valence-corrected chi connectivity index (χ4v) is 4.71. The fraction of sp³-hybridized carbons (Fsp3) is 0.261. The molecule has 0 saturated heterocycles. The lowest BCUT2D eigenvalue weighted by atomic mass is 10.1. The molecule has 5 nitrogen and oxygen atoms in total. The van der Waals surface area contributed by atoms with Crippen molar-refractivity contribution in [2.24, 2.45) is 0 Å². The van der Waals surface area contributed by atoms with Gasteiger partial charge in [0.05, 0.1) is 15.8 Å². The minimum Gasteiger partial charge on any atom is -0.352 e. The van der Waals surface area contributed by atoms with Crippen molar-refractivity contribution in [1.29, 1.82) is 0 Å². The zero-order chi connectivity index (χ0) is 20.4. The summed E-state index contributed by atoms with van der Waals surface area (Å²) in [5.74, 6) is -0.196. The van der Waals surface area contributed by atoms with Crippen LogP contribution in [0.25, 0.3) is 20.2 Å². The largest absolute Gasteiger partial charge is 0.352 e. The molecule has 0 fully saturated rings. The molecular formula is C23H23N3O2S. The van der Waals surface area contributed by atoms with Gasteiger partial charge in [-0.1, -0.05) is 48.5 Å². The van der Waals surface area contributed by atoms with Crippen molar-refractivity contribution in [3.05, 3.63) is 76.2 Å². The van der Waals surface area contributed by atoms with Gasteiger partial charge in [-0.25, -0.2) is 4.68 Å². The Labute approximate surface area is 173 Å².